The molecule has 0 rings (SSSR count). The number of hydrogen-bond acceptors (Lipinski definition) is 1. The van der Waals surface area contributed by atoms with Gasteiger partial charge in [0.15, 0.2) is 0 Å². The van der Waals surface area contributed by atoms with Crippen LogP contribution >= 0.6 is 0 Å². The summed E-state index contributed by atoms with van der Waals surface area (Å²) in [5, 5.41) is 0. The maximum Gasteiger partial charge on any atom is 0.404 e. The van der Waals surface area contributed by atoms with Gasteiger partial charge in [0.25, 0.3) is 0 Å². The summed E-state index contributed by atoms with van der Waals surface area (Å²) in [4.78, 5) is 1.41. The second-order valence-electron chi connectivity index (χ2n) is 4.79. The Morgan fingerprint density at radius 1 is 1.00 bits per heavy atom. The summed E-state index contributed by atoms with van der Waals surface area (Å²) in [7, 11) is 1.54. The first-order valence-corrected chi connectivity index (χ1v) is 5.45. The molecular weight excluding hydrogens is 203 g/mol. The molecule has 0 aromatic carbocycles. The number of alkyl halides is 3. The first-order chi connectivity index (χ1) is 6.66. The van der Waals surface area contributed by atoms with E-state index >= 15 is 0 Å². The zero-order valence-corrected chi connectivity index (χ0v) is 10.2. The van der Waals surface area contributed by atoms with E-state index in [0.29, 0.717) is 12.3 Å². The zero-order valence-electron chi connectivity index (χ0n) is 10.2. The van der Waals surface area contributed by atoms with Crippen LogP contribution in [0.5, 0.6) is 0 Å². The van der Waals surface area contributed by atoms with Gasteiger partial charge in [0.2, 0.25) is 0 Å². The Labute approximate surface area is 90.6 Å². The number of rotatable bonds is 5. The van der Waals surface area contributed by atoms with Gasteiger partial charge in [-0.1, -0.05) is 13.8 Å². The van der Waals surface area contributed by atoms with E-state index in [0.717, 1.165) is 0 Å². The van der Waals surface area contributed by atoms with Crippen LogP contribution in [0.3, 0.4) is 0 Å². The third-order valence-corrected chi connectivity index (χ3v) is 2.70. The van der Waals surface area contributed by atoms with Gasteiger partial charge in [0.05, 0.1) is 0 Å². The average Bonchev–Trinajstić information content (AvgIpc) is 2.00. The summed E-state index contributed by atoms with van der Waals surface area (Å²) < 4.78 is 38.2. The summed E-state index contributed by atoms with van der Waals surface area (Å²) in [5.74, 6) is 0.315. The summed E-state index contributed by atoms with van der Waals surface area (Å²) >= 11 is 0. The fourth-order valence-electron chi connectivity index (χ4n) is 1.45. The van der Waals surface area contributed by atoms with Gasteiger partial charge in [-0.2, -0.15) is 13.2 Å². The second kappa shape index (κ2) is 5.73. The molecule has 1 nitrogen and oxygen atoms in total. The molecule has 15 heavy (non-hydrogen) atoms. The van der Waals surface area contributed by atoms with Crippen molar-refractivity contribution < 1.29 is 13.2 Å². The maximum absolute atomic E-state index is 12.7. The van der Waals surface area contributed by atoms with E-state index in [2.05, 4.69) is 0 Å². The third kappa shape index (κ3) is 5.40. The van der Waals surface area contributed by atoms with Crippen LogP contribution in [0.15, 0.2) is 0 Å². The Hall–Kier alpha value is -0.250. The highest BCUT2D eigenvalue weighted by Gasteiger charge is 2.42. The van der Waals surface area contributed by atoms with Crippen LogP contribution in [0.25, 0.3) is 0 Å². The van der Waals surface area contributed by atoms with Crippen molar-refractivity contribution in [3.63, 3.8) is 0 Å². The summed E-state index contributed by atoms with van der Waals surface area (Å²) in [6.45, 7) is 7.47. The lowest BCUT2D eigenvalue weighted by Gasteiger charge is -2.33. The quantitative estimate of drug-likeness (QED) is 0.689. The van der Waals surface area contributed by atoms with Crippen LogP contribution in [0, 0.1) is 5.92 Å². The lowest BCUT2D eigenvalue weighted by molar-refractivity contribution is -0.186. The Morgan fingerprint density at radius 2 is 1.47 bits per heavy atom. The van der Waals surface area contributed by atoms with Crippen LogP contribution in [0.2, 0.25) is 0 Å². The van der Waals surface area contributed by atoms with Crippen molar-refractivity contribution in [3.05, 3.63) is 0 Å². The maximum atomic E-state index is 12.7. The minimum Gasteiger partial charge on any atom is -0.293 e. The van der Waals surface area contributed by atoms with Crippen LogP contribution in [0.4, 0.5) is 13.2 Å². The van der Waals surface area contributed by atoms with E-state index in [1.165, 1.54) is 4.90 Å². The Kier molecular flexibility index (Phi) is 5.63. The van der Waals surface area contributed by atoms with Gasteiger partial charge in [-0.15, -0.1) is 0 Å². The molecule has 0 radical (unpaired) electrons. The molecule has 1 atom stereocenters. The lowest BCUT2D eigenvalue weighted by Crippen LogP contribution is -2.46. The predicted octanol–water partition coefficient (Wildman–Crippen LogP) is 3.69. The van der Waals surface area contributed by atoms with Crippen molar-refractivity contribution in [3.8, 4) is 0 Å². The number of nitrogens with zero attached hydrogens (tertiary/aromatic N) is 1. The predicted molar refractivity (Wildman–Crippen MR) is 56.8 cm³/mol. The van der Waals surface area contributed by atoms with E-state index in [9.17, 15) is 13.2 Å². The first-order valence-electron chi connectivity index (χ1n) is 5.45. The summed E-state index contributed by atoms with van der Waals surface area (Å²) in [5.41, 5.74) is 0. The van der Waals surface area contributed by atoms with Crippen LogP contribution < -0.4 is 0 Å². The lowest BCUT2D eigenvalue weighted by atomic mass is 10.0. The van der Waals surface area contributed by atoms with Gasteiger partial charge in [-0.05, 0) is 39.7 Å². The topological polar surface area (TPSA) is 3.24 Å². The van der Waals surface area contributed by atoms with Crippen LogP contribution in [-0.4, -0.2) is 30.2 Å². The average molecular weight is 225 g/mol. The molecule has 4 heteroatoms. The molecular formula is C11H22F3N. The SMILES string of the molecule is CC(C)CC[C@@H](N(C)C(C)C)C(F)(F)F. The van der Waals surface area contributed by atoms with E-state index < -0.39 is 12.2 Å². The standard InChI is InChI=1S/C11H22F3N/c1-8(2)6-7-10(11(12,13)14)15(5)9(3)4/h8-10H,6-7H2,1-5H3/t10-/m1/s1. The fraction of sp³-hybridized carbons (Fsp3) is 1.00. The van der Waals surface area contributed by atoms with Crippen LogP contribution in [0.1, 0.15) is 40.5 Å². The van der Waals surface area contributed by atoms with Crippen molar-refractivity contribution in [2.45, 2.75) is 58.8 Å². The van der Waals surface area contributed by atoms with E-state index in [4.69, 9.17) is 0 Å². The number of halogens is 3. The molecule has 0 aliphatic heterocycles. The summed E-state index contributed by atoms with van der Waals surface area (Å²) in [6.07, 6.45) is -3.31. The molecule has 0 fully saturated rings. The molecule has 0 unspecified atom stereocenters. The molecule has 0 N–H and O–H groups in total. The molecule has 0 bridgehead atoms. The monoisotopic (exact) mass is 225 g/mol. The smallest absolute Gasteiger partial charge is 0.293 e. The molecule has 92 valence electrons. The van der Waals surface area contributed by atoms with Gasteiger partial charge in [0, 0.05) is 6.04 Å². The molecule has 0 saturated heterocycles. The Bertz CT molecular complexity index is 175. The molecule has 0 amide bonds. The van der Waals surface area contributed by atoms with Crippen molar-refractivity contribution in [2.75, 3.05) is 7.05 Å². The van der Waals surface area contributed by atoms with Crippen molar-refractivity contribution in [1.29, 1.82) is 0 Å². The van der Waals surface area contributed by atoms with Crippen molar-refractivity contribution in [1.82, 2.24) is 4.90 Å². The molecule has 0 heterocycles. The third-order valence-electron chi connectivity index (χ3n) is 2.70. The molecule has 0 spiro atoms. The highest BCUT2D eigenvalue weighted by molar-refractivity contribution is 4.79. The van der Waals surface area contributed by atoms with E-state index in [-0.39, 0.29) is 12.5 Å². The van der Waals surface area contributed by atoms with E-state index in [1.807, 2.05) is 13.8 Å². The highest BCUT2D eigenvalue weighted by Crippen LogP contribution is 2.29. The highest BCUT2D eigenvalue weighted by atomic mass is 19.4. The molecule has 0 aliphatic rings. The van der Waals surface area contributed by atoms with Crippen molar-refractivity contribution in [2.24, 2.45) is 5.92 Å². The fourth-order valence-corrected chi connectivity index (χ4v) is 1.45. The van der Waals surface area contributed by atoms with Crippen molar-refractivity contribution >= 4 is 0 Å². The summed E-state index contributed by atoms with van der Waals surface area (Å²) in [6, 6.07) is -1.39. The zero-order chi connectivity index (χ0) is 12.2. The molecule has 0 aliphatic carbocycles. The molecule has 0 saturated carbocycles. The van der Waals surface area contributed by atoms with Gasteiger partial charge < -0.3 is 0 Å². The first kappa shape index (κ1) is 14.8. The van der Waals surface area contributed by atoms with E-state index in [1.54, 1.807) is 20.9 Å². The van der Waals surface area contributed by atoms with Gasteiger partial charge >= 0.3 is 6.18 Å². The molecule has 0 aromatic heterocycles. The minimum absolute atomic E-state index is 0.0798. The Morgan fingerprint density at radius 3 is 1.73 bits per heavy atom. The second-order valence-corrected chi connectivity index (χ2v) is 4.79. The molecule has 0 aromatic rings. The van der Waals surface area contributed by atoms with Gasteiger partial charge in [-0.25, -0.2) is 0 Å². The normalized spacial score (nSPS) is 15.4. The minimum atomic E-state index is -4.12. The number of hydrogen-bond donors (Lipinski definition) is 0. The van der Waals surface area contributed by atoms with Gasteiger partial charge in [-0.3, -0.25) is 4.90 Å². The Balaban J connectivity index is 4.46. The largest absolute Gasteiger partial charge is 0.404 e. The van der Waals surface area contributed by atoms with Crippen LogP contribution in [-0.2, 0) is 0 Å². The van der Waals surface area contributed by atoms with Gasteiger partial charge in [0.1, 0.15) is 6.04 Å².